The molecule has 4 nitrogen and oxygen atoms in total. The van der Waals surface area contributed by atoms with Crippen LogP contribution in [0.1, 0.15) is 106 Å². The van der Waals surface area contributed by atoms with E-state index in [2.05, 4.69) is 30.7 Å². The summed E-state index contributed by atoms with van der Waals surface area (Å²) in [5, 5.41) is 0. The van der Waals surface area contributed by atoms with Gasteiger partial charge in [-0.25, -0.2) is 14.4 Å². The Kier molecular flexibility index (Phi) is 10.1. The van der Waals surface area contributed by atoms with Gasteiger partial charge in [-0.2, -0.15) is 0 Å². The number of nitrogens with zero attached hydrogens (tertiary/aromatic N) is 3. The van der Waals surface area contributed by atoms with Crippen molar-refractivity contribution in [2.24, 2.45) is 0 Å². The summed E-state index contributed by atoms with van der Waals surface area (Å²) >= 11 is 0. The van der Waals surface area contributed by atoms with E-state index >= 15 is 0 Å². The van der Waals surface area contributed by atoms with Crippen LogP contribution in [0.15, 0.2) is 30.7 Å². The molecule has 0 bridgehead atoms. The van der Waals surface area contributed by atoms with E-state index in [1.807, 2.05) is 26.1 Å². The topological polar surface area (TPSA) is 46.1 Å². The van der Waals surface area contributed by atoms with E-state index in [-0.39, 0.29) is 17.3 Å². The molecule has 170 valence electrons. The summed E-state index contributed by atoms with van der Waals surface area (Å²) in [7, 11) is 0. The molecular weight excluding hydrogens is 389 g/mol. The molecule has 0 spiro atoms. The maximum Gasteiger partial charge on any atom is 0.256 e. The smallest absolute Gasteiger partial charge is 0.256 e. The van der Waals surface area contributed by atoms with Gasteiger partial charge >= 0.3 is 0 Å². The molecule has 1 amide bonds. The Labute approximate surface area is 187 Å². The van der Waals surface area contributed by atoms with Crippen LogP contribution in [0, 0.1) is 5.82 Å². The molecule has 2 aliphatic rings. The van der Waals surface area contributed by atoms with Gasteiger partial charge in [0.25, 0.3) is 5.91 Å². The summed E-state index contributed by atoms with van der Waals surface area (Å²) < 4.78 is 14.0. The van der Waals surface area contributed by atoms with E-state index in [0.29, 0.717) is 5.92 Å². The molecule has 1 atom stereocenters. The first kappa shape index (κ1) is 25.0. The maximum absolute atomic E-state index is 14.0. The minimum atomic E-state index is -0.385. The number of hydrogen-bond donors (Lipinski definition) is 0. The molecular formula is C26H38FN3O. The number of halogens is 1. The van der Waals surface area contributed by atoms with Gasteiger partial charge in [-0.3, -0.25) is 4.79 Å². The van der Waals surface area contributed by atoms with Crippen LogP contribution in [-0.4, -0.2) is 33.9 Å². The van der Waals surface area contributed by atoms with E-state index in [9.17, 15) is 9.18 Å². The molecule has 1 saturated carbocycles. The number of amides is 1. The van der Waals surface area contributed by atoms with E-state index in [0.717, 1.165) is 50.3 Å². The average molecular weight is 428 g/mol. The number of rotatable bonds is 5. The molecule has 1 aromatic carbocycles. The van der Waals surface area contributed by atoms with Gasteiger partial charge < -0.3 is 4.90 Å². The quantitative estimate of drug-likeness (QED) is 0.546. The van der Waals surface area contributed by atoms with Crippen molar-refractivity contribution in [1.82, 2.24) is 14.9 Å². The molecule has 0 N–H and O–H groups in total. The minimum absolute atomic E-state index is 0.166. The zero-order chi connectivity index (χ0) is 22.8. The third-order valence-electron chi connectivity index (χ3n) is 5.97. The molecule has 1 saturated heterocycles. The highest BCUT2D eigenvalue weighted by atomic mass is 19.1. The second kappa shape index (κ2) is 12.5. The van der Waals surface area contributed by atoms with Crippen LogP contribution in [0.3, 0.4) is 0 Å². The van der Waals surface area contributed by atoms with Crippen molar-refractivity contribution < 1.29 is 9.18 Å². The highest BCUT2D eigenvalue weighted by molar-refractivity contribution is 5.94. The van der Waals surface area contributed by atoms with Crippen molar-refractivity contribution in [2.75, 3.05) is 13.1 Å². The van der Waals surface area contributed by atoms with Gasteiger partial charge in [0.2, 0.25) is 0 Å². The summed E-state index contributed by atoms with van der Waals surface area (Å²) in [5.74, 6) is 0.536. The number of benzene rings is 1. The SMILES string of the molecule is CC.CCC(C)c1ccc(C(=O)N2CCCC2)c(F)c1.CCc1cncnc1C1CC1. The second-order valence-corrected chi connectivity index (χ2v) is 8.11. The van der Waals surface area contributed by atoms with Crippen molar-refractivity contribution in [3.63, 3.8) is 0 Å². The van der Waals surface area contributed by atoms with Crippen LogP contribution >= 0.6 is 0 Å². The predicted molar refractivity (Wildman–Crippen MR) is 125 cm³/mol. The number of hydrogen-bond acceptors (Lipinski definition) is 3. The fraction of sp³-hybridized carbons (Fsp3) is 0.577. The van der Waals surface area contributed by atoms with Gasteiger partial charge in [0.1, 0.15) is 12.1 Å². The lowest BCUT2D eigenvalue weighted by atomic mass is 9.97. The van der Waals surface area contributed by atoms with E-state index in [1.165, 1.54) is 30.2 Å². The molecule has 1 unspecified atom stereocenters. The Bertz CT molecular complexity index is 829. The van der Waals surface area contributed by atoms with Crippen molar-refractivity contribution in [3.05, 3.63) is 58.9 Å². The minimum Gasteiger partial charge on any atom is -0.339 e. The Morgan fingerprint density at radius 2 is 1.87 bits per heavy atom. The lowest BCUT2D eigenvalue weighted by molar-refractivity contribution is 0.0788. The summed E-state index contributed by atoms with van der Waals surface area (Å²) in [6.07, 6.45) is 10.3. The van der Waals surface area contributed by atoms with Crippen LogP contribution in [0.2, 0.25) is 0 Å². The van der Waals surface area contributed by atoms with E-state index < -0.39 is 0 Å². The monoisotopic (exact) mass is 427 g/mol. The average Bonchev–Trinajstić information content (AvgIpc) is 3.52. The molecule has 1 aromatic heterocycles. The van der Waals surface area contributed by atoms with Crippen molar-refractivity contribution in [3.8, 4) is 0 Å². The lowest BCUT2D eigenvalue weighted by Gasteiger charge is -2.16. The first-order valence-corrected chi connectivity index (χ1v) is 11.9. The Hall–Kier alpha value is -2.30. The van der Waals surface area contributed by atoms with E-state index in [4.69, 9.17) is 0 Å². The number of likely N-dealkylation sites (tertiary alicyclic amines) is 1. The first-order valence-electron chi connectivity index (χ1n) is 11.9. The fourth-order valence-electron chi connectivity index (χ4n) is 3.70. The van der Waals surface area contributed by atoms with Crippen LogP contribution in [0.25, 0.3) is 0 Å². The van der Waals surface area contributed by atoms with Gasteiger partial charge in [-0.05, 0) is 67.7 Å². The van der Waals surface area contributed by atoms with E-state index in [1.54, 1.807) is 17.3 Å². The van der Waals surface area contributed by atoms with Gasteiger partial charge in [0, 0.05) is 30.9 Å². The van der Waals surface area contributed by atoms with Crippen LogP contribution in [0.5, 0.6) is 0 Å². The standard InChI is InChI=1S/C15H20FNO.C9H12N2.C2H6/c1-3-11(2)12-6-7-13(14(16)10-12)15(18)17-8-4-5-9-17;1-2-7-5-10-6-11-9(7)8-3-4-8;1-2/h6-7,10-11H,3-5,8-9H2,1-2H3;5-6,8H,2-4H2,1H3;1-2H3. The number of carbonyl (C=O) groups is 1. The lowest BCUT2D eigenvalue weighted by Crippen LogP contribution is -2.28. The molecule has 4 rings (SSSR count). The molecule has 5 heteroatoms. The predicted octanol–water partition coefficient (Wildman–Crippen LogP) is 6.52. The molecule has 1 aliphatic heterocycles. The Morgan fingerprint density at radius 1 is 1.19 bits per heavy atom. The molecule has 2 fully saturated rings. The van der Waals surface area contributed by atoms with Crippen molar-refractivity contribution in [2.45, 2.75) is 85.0 Å². The van der Waals surface area contributed by atoms with Gasteiger partial charge in [-0.15, -0.1) is 0 Å². The molecule has 2 aromatic rings. The van der Waals surface area contributed by atoms with Gasteiger partial charge in [-0.1, -0.05) is 40.7 Å². The Balaban J connectivity index is 0.000000224. The first-order chi connectivity index (χ1) is 15.0. The maximum atomic E-state index is 14.0. The number of carbonyl (C=O) groups excluding carboxylic acids is 1. The highest BCUT2D eigenvalue weighted by Crippen LogP contribution is 2.40. The largest absolute Gasteiger partial charge is 0.339 e. The summed E-state index contributed by atoms with van der Waals surface area (Å²) in [4.78, 5) is 22.2. The fourth-order valence-corrected chi connectivity index (χ4v) is 3.70. The third kappa shape index (κ3) is 6.84. The number of aromatic nitrogens is 2. The molecule has 1 aliphatic carbocycles. The molecule has 0 radical (unpaired) electrons. The molecule has 31 heavy (non-hydrogen) atoms. The Morgan fingerprint density at radius 3 is 2.42 bits per heavy atom. The number of aryl methyl sites for hydroxylation is 1. The van der Waals surface area contributed by atoms with Crippen LogP contribution in [-0.2, 0) is 6.42 Å². The zero-order valence-electron chi connectivity index (χ0n) is 19.8. The summed E-state index contributed by atoms with van der Waals surface area (Å²) in [6, 6.07) is 5.02. The summed E-state index contributed by atoms with van der Waals surface area (Å²) in [5.41, 5.74) is 3.80. The van der Waals surface area contributed by atoms with Crippen molar-refractivity contribution in [1.29, 1.82) is 0 Å². The second-order valence-electron chi connectivity index (χ2n) is 8.11. The zero-order valence-corrected chi connectivity index (χ0v) is 19.8. The third-order valence-corrected chi connectivity index (χ3v) is 5.97. The normalized spacial score (nSPS) is 16.0. The highest BCUT2D eigenvalue weighted by Gasteiger charge is 2.26. The summed E-state index contributed by atoms with van der Waals surface area (Å²) in [6.45, 7) is 11.8. The molecule has 2 heterocycles. The van der Waals surface area contributed by atoms with Crippen LogP contribution < -0.4 is 0 Å². The van der Waals surface area contributed by atoms with Gasteiger partial charge in [0.05, 0.1) is 5.56 Å². The van der Waals surface area contributed by atoms with Crippen LogP contribution in [0.4, 0.5) is 4.39 Å². The van der Waals surface area contributed by atoms with Gasteiger partial charge in [0.15, 0.2) is 0 Å². The van der Waals surface area contributed by atoms with Crippen molar-refractivity contribution >= 4 is 5.91 Å².